The van der Waals surface area contributed by atoms with E-state index >= 15 is 0 Å². The second-order valence-corrected chi connectivity index (χ2v) is 4.21. The monoisotopic (exact) mass is 222 g/mol. The lowest BCUT2D eigenvalue weighted by Gasteiger charge is -2.16. The van der Waals surface area contributed by atoms with Gasteiger partial charge < -0.3 is 18.3 Å². The van der Waals surface area contributed by atoms with Gasteiger partial charge in [0, 0.05) is 6.61 Å². The van der Waals surface area contributed by atoms with Gasteiger partial charge in [0.25, 0.3) is 0 Å². The second kappa shape index (κ2) is 7.55. The third-order valence-corrected chi connectivity index (χ3v) is 3.16. The van der Waals surface area contributed by atoms with Crippen LogP contribution >= 0.6 is 8.60 Å². The fourth-order valence-electron chi connectivity index (χ4n) is 1.24. The predicted octanol–water partition coefficient (Wildman–Crippen LogP) is 2.48. The summed E-state index contributed by atoms with van der Waals surface area (Å²) in [5, 5.41) is 0. The fraction of sp³-hybridized carbons (Fsp3) is 1.00. The zero-order valence-electron chi connectivity index (χ0n) is 8.90. The Bertz CT molecular complexity index is 133. The van der Waals surface area contributed by atoms with Crippen LogP contribution in [0.25, 0.3) is 0 Å². The lowest BCUT2D eigenvalue weighted by atomic mass is 10.2. The quantitative estimate of drug-likeness (QED) is 0.620. The normalized spacial score (nSPS) is 22.1. The molecule has 0 N–H and O–H groups in total. The van der Waals surface area contributed by atoms with E-state index in [1.54, 1.807) is 0 Å². The molecule has 0 aliphatic carbocycles. The summed E-state index contributed by atoms with van der Waals surface area (Å²) in [4.78, 5) is 0. The first-order valence-corrected chi connectivity index (χ1v) is 6.26. The van der Waals surface area contributed by atoms with Gasteiger partial charge in [0.2, 0.25) is 0 Å². The largest absolute Gasteiger partial charge is 0.376 e. The van der Waals surface area contributed by atoms with E-state index in [1.165, 1.54) is 0 Å². The van der Waals surface area contributed by atoms with E-state index in [-0.39, 0.29) is 6.10 Å². The summed E-state index contributed by atoms with van der Waals surface area (Å²) < 4.78 is 21.6. The average Bonchev–Trinajstić information content (AvgIpc) is 2.67. The van der Waals surface area contributed by atoms with Gasteiger partial charge in [-0.25, -0.2) is 0 Å². The number of hydrogen-bond donors (Lipinski definition) is 0. The Labute approximate surface area is 86.9 Å². The van der Waals surface area contributed by atoms with Crippen molar-refractivity contribution in [2.24, 2.45) is 0 Å². The van der Waals surface area contributed by atoms with Crippen molar-refractivity contribution >= 4 is 8.60 Å². The summed E-state index contributed by atoms with van der Waals surface area (Å²) in [5.41, 5.74) is 0. The summed E-state index contributed by atoms with van der Waals surface area (Å²) in [5.74, 6) is 0. The molecule has 1 fully saturated rings. The standard InChI is InChI=1S/C9H19O4P/c1-3-11-14(12-4-2)13-8-9-6-5-7-10-9/h9H,3-8H2,1-2H3. The van der Waals surface area contributed by atoms with Gasteiger partial charge in [-0.05, 0) is 26.7 Å². The maximum atomic E-state index is 5.50. The summed E-state index contributed by atoms with van der Waals surface area (Å²) in [6.07, 6.45) is 2.46. The lowest BCUT2D eigenvalue weighted by molar-refractivity contribution is 0.0550. The first kappa shape index (κ1) is 12.3. The molecule has 0 spiro atoms. The van der Waals surface area contributed by atoms with E-state index in [0.29, 0.717) is 19.8 Å². The van der Waals surface area contributed by atoms with Crippen LogP contribution in [0.5, 0.6) is 0 Å². The highest BCUT2D eigenvalue weighted by Crippen LogP contribution is 2.39. The molecular formula is C9H19O4P. The van der Waals surface area contributed by atoms with Crippen molar-refractivity contribution in [3.8, 4) is 0 Å². The van der Waals surface area contributed by atoms with E-state index in [2.05, 4.69) is 0 Å². The molecule has 1 rings (SSSR count). The van der Waals surface area contributed by atoms with Crippen molar-refractivity contribution in [2.75, 3.05) is 26.4 Å². The average molecular weight is 222 g/mol. The molecule has 1 aliphatic heterocycles. The second-order valence-electron chi connectivity index (χ2n) is 2.99. The molecule has 0 radical (unpaired) electrons. The van der Waals surface area contributed by atoms with Crippen LogP contribution in [0, 0.1) is 0 Å². The minimum Gasteiger partial charge on any atom is -0.376 e. The van der Waals surface area contributed by atoms with Gasteiger partial charge in [0.05, 0.1) is 25.9 Å². The Morgan fingerprint density at radius 2 is 1.93 bits per heavy atom. The zero-order valence-corrected chi connectivity index (χ0v) is 9.79. The summed E-state index contributed by atoms with van der Waals surface area (Å²) in [6, 6.07) is 0. The van der Waals surface area contributed by atoms with Crippen LogP contribution in [0.2, 0.25) is 0 Å². The van der Waals surface area contributed by atoms with Gasteiger partial charge >= 0.3 is 8.60 Å². The van der Waals surface area contributed by atoms with Gasteiger partial charge in [-0.15, -0.1) is 0 Å². The van der Waals surface area contributed by atoms with Gasteiger partial charge in [0.1, 0.15) is 0 Å². The first-order chi connectivity index (χ1) is 6.86. The Hall–Kier alpha value is 0.270. The maximum absolute atomic E-state index is 5.50. The number of hydrogen-bond acceptors (Lipinski definition) is 4. The highest BCUT2D eigenvalue weighted by molar-refractivity contribution is 7.41. The zero-order chi connectivity index (χ0) is 10.2. The van der Waals surface area contributed by atoms with Crippen molar-refractivity contribution in [2.45, 2.75) is 32.8 Å². The van der Waals surface area contributed by atoms with Crippen LogP contribution < -0.4 is 0 Å². The molecule has 5 heteroatoms. The molecule has 1 heterocycles. The van der Waals surface area contributed by atoms with Gasteiger partial charge in [-0.3, -0.25) is 0 Å². The van der Waals surface area contributed by atoms with Crippen LogP contribution in [-0.4, -0.2) is 32.5 Å². The van der Waals surface area contributed by atoms with Gasteiger partial charge in [-0.1, -0.05) is 0 Å². The van der Waals surface area contributed by atoms with E-state index in [4.69, 9.17) is 18.3 Å². The molecule has 0 amide bonds. The minimum atomic E-state index is -1.16. The molecule has 0 aromatic rings. The highest BCUT2D eigenvalue weighted by Gasteiger charge is 2.19. The fourth-order valence-corrected chi connectivity index (χ4v) is 2.18. The van der Waals surface area contributed by atoms with E-state index in [0.717, 1.165) is 19.4 Å². The third kappa shape index (κ3) is 4.67. The molecule has 1 atom stereocenters. The summed E-state index contributed by atoms with van der Waals surface area (Å²) >= 11 is 0. The Kier molecular flexibility index (Phi) is 6.65. The number of rotatable bonds is 7. The van der Waals surface area contributed by atoms with Gasteiger partial charge in [-0.2, -0.15) is 0 Å². The van der Waals surface area contributed by atoms with E-state index in [1.807, 2.05) is 13.8 Å². The van der Waals surface area contributed by atoms with Crippen LogP contribution in [0.15, 0.2) is 0 Å². The van der Waals surface area contributed by atoms with Crippen LogP contribution in [0.1, 0.15) is 26.7 Å². The lowest BCUT2D eigenvalue weighted by Crippen LogP contribution is -2.13. The molecular weight excluding hydrogens is 203 g/mol. The molecule has 0 bridgehead atoms. The molecule has 0 aromatic carbocycles. The van der Waals surface area contributed by atoms with Crippen molar-refractivity contribution in [1.29, 1.82) is 0 Å². The van der Waals surface area contributed by atoms with Gasteiger partial charge in [0.15, 0.2) is 0 Å². The first-order valence-electron chi connectivity index (χ1n) is 5.17. The molecule has 0 saturated carbocycles. The van der Waals surface area contributed by atoms with Crippen LogP contribution in [0.4, 0.5) is 0 Å². The molecule has 0 aromatic heterocycles. The van der Waals surface area contributed by atoms with Crippen molar-refractivity contribution in [1.82, 2.24) is 0 Å². The molecule has 4 nitrogen and oxygen atoms in total. The molecule has 1 saturated heterocycles. The Morgan fingerprint density at radius 1 is 1.21 bits per heavy atom. The Balaban J connectivity index is 2.10. The number of ether oxygens (including phenoxy) is 1. The van der Waals surface area contributed by atoms with E-state index < -0.39 is 8.60 Å². The van der Waals surface area contributed by atoms with Crippen molar-refractivity contribution < 1.29 is 18.3 Å². The third-order valence-electron chi connectivity index (χ3n) is 1.86. The molecule has 1 aliphatic rings. The highest BCUT2D eigenvalue weighted by atomic mass is 31.2. The predicted molar refractivity (Wildman–Crippen MR) is 55.1 cm³/mol. The molecule has 1 unspecified atom stereocenters. The Morgan fingerprint density at radius 3 is 2.43 bits per heavy atom. The van der Waals surface area contributed by atoms with Crippen LogP contribution in [-0.2, 0) is 18.3 Å². The van der Waals surface area contributed by atoms with E-state index in [9.17, 15) is 0 Å². The molecule has 14 heavy (non-hydrogen) atoms. The SMILES string of the molecule is CCOP(OCC)OCC1CCCO1. The molecule has 84 valence electrons. The maximum Gasteiger partial charge on any atom is 0.332 e. The van der Waals surface area contributed by atoms with Crippen LogP contribution in [0.3, 0.4) is 0 Å². The summed E-state index contributed by atoms with van der Waals surface area (Å²) in [6.45, 7) is 6.56. The van der Waals surface area contributed by atoms with Crippen molar-refractivity contribution in [3.63, 3.8) is 0 Å². The van der Waals surface area contributed by atoms with Crippen molar-refractivity contribution in [3.05, 3.63) is 0 Å². The smallest absolute Gasteiger partial charge is 0.332 e. The summed E-state index contributed by atoms with van der Waals surface area (Å²) in [7, 11) is -1.16. The minimum absolute atomic E-state index is 0.237. The topological polar surface area (TPSA) is 36.9 Å².